The molecule has 0 saturated carbocycles. The first-order chi connectivity index (χ1) is 13.1. The predicted molar refractivity (Wildman–Crippen MR) is 88.2 cm³/mol. The number of nitro groups is 4. The summed E-state index contributed by atoms with van der Waals surface area (Å²) >= 11 is 0. The normalized spacial score (nSPS) is 10.1. The van der Waals surface area contributed by atoms with Crippen LogP contribution in [0.2, 0.25) is 0 Å². The first-order valence-corrected chi connectivity index (χ1v) is 7.00. The lowest BCUT2D eigenvalue weighted by Gasteiger charge is -2.04. The molecule has 0 radical (unpaired) electrons. The van der Waals surface area contributed by atoms with E-state index in [0.29, 0.717) is 0 Å². The number of Topliss-reactive ketones (excluding diaryl/α,β-unsaturated/α-hetero) is 2. The Bertz CT molecular complexity index is 992. The Morgan fingerprint density at radius 2 is 0.893 bits per heavy atom. The van der Waals surface area contributed by atoms with Crippen LogP contribution in [0.1, 0.15) is 20.7 Å². The molecule has 2 aromatic carbocycles. The minimum Gasteiger partial charge on any atom is -0.285 e. The highest BCUT2D eigenvalue weighted by Crippen LogP contribution is 2.34. The number of carbonyl (C=O) groups is 2. The molecule has 0 spiro atoms. The quantitative estimate of drug-likeness (QED) is 0.291. The molecule has 14 nitrogen and oxygen atoms in total. The lowest BCUT2D eigenvalue weighted by atomic mass is 9.98. The molecule has 0 aliphatic heterocycles. The van der Waals surface area contributed by atoms with Crippen molar-refractivity contribution < 1.29 is 29.3 Å². The first-order valence-electron chi connectivity index (χ1n) is 7.00. The van der Waals surface area contributed by atoms with Gasteiger partial charge < -0.3 is 0 Å². The zero-order valence-electron chi connectivity index (χ0n) is 13.3. The van der Waals surface area contributed by atoms with E-state index in [1.165, 1.54) is 0 Å². The number of para-hydroxylation sites is 2. The van der Waals surface area contributed by atoms with Gasteiger partial charge in [0.05, 0.1) is 19.7 Å². The average Bonchev–Trinajstić information content (AvgIpc) is 2.65. The number of nitrogens with zero attached hydrogens (tertiary/aromatic N) is 4. The van der Waals surface area contributed by atoms with Crippen molar-refractivity contribution >= 4 is 34.3 Å². The summed E-state index contributed by atoms with van der Waals surface area (Å²) in [7, 11) is 0. The van der Waals surface area contributed by atoms with Gasteiger partial charge in [0.25, 0.3) is 0 Å². The standard InChI is InChI=1S/C14H6N4O10/c19-13(7-3-1-5-9(15(21)22)11(7)17(25)26)14(20)8-4-2-6-10(16(23)24)12(8)18(27)28/h1-6H. The van der Waals surface area contributed by atoms with Crippen LogP contribution in [-0.2, 0) is 0 Å². The molecule has 2 rings (SSSR count). The molecule has 0 heterocycles. The number of ketones is 2. The molecular formula is C14H6N4O10. The second-order valence-electron chi connectivity index (χ2n) is 5.03. The van der Waals surface area contributed by atoms with Crippen molar-refractivity contribution in [1.82, 2.24) is 0 Å². The van der Waals surface area contributed by atoms with Crippen LogP contribution in [0.5, 0.6) is 0 Å². The Hall–Kier alpha value is -4.62. The van der Waals surface area contributed by atoms with Gasteiger partial charge in [0.1, 0.15) is 11.1 Å². The van der Waals surface area contributed by atoms with Crippen molar-refractivity contribution in [2.75, 3.05) is 0 Å². The van der Waals surface area contributed by atoms with E-state index in [4.69, 9.17) is 0 Å². The molecule has 0 unspecified atom stereocenters. The Morgan fingerprint density at radius 3 is 1.14 bits per heavy atom. The predicted octanol–water partition coefficient (Wildman–Crippen LogP) is 2.39. The summed E-state index contributed by atoms with van der Waals surface area (Å²) in [5.74, 6) is -3.34. The highest BCUT2D eigenvalue weighted by molar-refractivity contribution is 6.50. The average molecular weight is 390 g/mol. The molecule has 0 aliphatic rings. The third-order valence-corrected chi connectivity index (χ3v) is 3.48. The number of carbonyl (C=O) groups excluding carboxylic acids is 2. The maximum atomic E-state index is 12.4. The van der Waals surface area contributed by atoms with Gasteiger partial charge in [-0.25, -0.2) is 0 Å². The summed E-state index contributed by atoms with van der Waals surface area (Å²) in [6.07, 6.45) is 0. The zero-order chi connectivity index (χ0) is 21.2. The molecule has 0 amide bonds. The molecule has 0 fully saturated rings. The second kappa shape index (κ2) is 7.32. The van der Waals surface area contributed by atoms with E-state index < -0.39 is 65.1 Å². The third kappa shape index (κ3) is 3.36. The fourth-order valence-corrected chi connectivity index (χ4v) is 2.35. The minimum atomic E-state index is -1.67. The van der Waals surface area contributed by atoms with Gasteiger partial charge in [0.2, 0.25) is 11.6 Å². The molecule has 142 valence electrons. The van der Waals surface area contributed by atoms with Crippen molar-refractivity contribution in [2.45, 2.75) is 0 Å². The molecule has 2 aromatic rings. The second-order valence-corrected chi connectivity index (χ2v) is 5.03. The summed E-state index contributed by atoms with van der Waals surface area (Å²) in [4.78, 5) is 64.3. The van der Waals surface area contributed by atoms with Gasteiger partial charge >= 0.3 is 22.7 Å². The Labute approximate surface area is 152 Å². The summed E-state index contributed by atoms with van der Waals surface area (Å²) in [5.41, 5.74) is -6.66. The van der Waals surface area contributed by atoms with Crippen LogP contribution in [0.3, 0.4) is 0 Å². The summed E-state index contributed by atoms with van der Waals surface area (Å²) in [6.45, 7) is 0. The van der Waals surface area contributed by atoms with E-state index in [-0.39, 0.29) is 0 Å². The van der Waals surface area contributed by atoms with Crippen LogP contribution < -0.4 is 0 Å². The van der Waals surface area contributed by atoms with Gasteiger partial charge in [-0.05, 0) is 12.1 Å². The molecule has 0 atom stereocenters. The minimum absolute atomic E-state index is 0.731. The summed E-state index contributed by atoms with van der Waals surface area (Å²) < 4.78 is 0. The maximum absolute atomic E-state index is 12.4. The van der Waals surface area contributed by atoms with Gasteiger partial charge in [-0.1, -0.05) is 12.1 Å². The molecule has 28 heavy (non-hydrogen) atoms. The van der Waals surface area contributed by atoms with Crippen molar-refractivity contribution in [3.05, 3.63) is 88.0 Å². The topological polar surface area (TPSA) is 207 Å². The smallest absolute Gasteiger partial charge is 0.285 e. The van der Waals surface area contributed by atoms with Crippen LogP contribution >= 0.6 is 0 Å². The van der Waals surface area contributed by atoms with E-state index in [9.17, 15) is 50.0 Å². The van der Waals surface area contributed by atoms with Gasteiger partial charge in [-0.2, -0.15) is 0 Å². The van der Waals surface area contributed by atoms with Crippen LogP contribution in [0.15, 0.2) is 36.4 Å². The fraction of sp³-hybridized carbons (Fsp3) is 0. The van der Waals surface area contributed by atoms with Gasteiger partial charge in [-0.3, -0.25) is 50.0 Å². The summed E-state index contributed by atoms with van der Waals surface area (Å²) in [5, 5.41) is 44.2. The largest absolute Gasteiger partial charge is 0.357 e. The van der Waals surface area contributed by atoms with Gasteiger partial charge in [0, 0.05) is 12.1 Å². The van der Waals surface area contributed by atoms with E-state index in [1.807, 2.05) is 0 Å². The Balaban J connectivity index is 2.70. The molecular weight excluding hydrogens is 384 g/mol. The van der Waals surface area contributed by atoms with Crippen LogP contribution in [0.25, 0.3) is 0 Å². The molecule has 0 bridgehead atoms. The summed E-state index contributed by atoms with van der Waals surface area (Å²) in [6, 6.07) is 4.80. The van der Waals surface area contributed by atoms with E-state index in [2.05, 4.69) is 0 Å². The van der Waals surface area contributed by atoms with Crippen LogP contribution in [0, 0.1) is 40.5 Å². The third-order valence-electron chi connectivity index (χ3n) is 3.48. The molecule has 0 aromatic heterocycles. The van der Waals surface area contributed by atoms with Crippen molar-refractivity contribution in [3.63, 3.8) is 0 Å². The van der Waals surface area contributed by atoms with E-state index >= 15 is 0 Å². The zero-order valence-corrected chi connectivity index (χ0v) is 13.3. The maximum Gasteiger partial charge on any atom is 0.357 e. The monoisotopic (exact) mass is 390 g/mol. The van der Waals surface area contributed by atoms with Crippen molar-refractivity contribution in [1.29, 1.82) is 0 Å². The van der Waals surface area contributed by atoms with Crippen LogP contribution in [-0.4, -0.2) is 31.3 Å². The Morgan fingerprint density at radius 1 is 0.571 bits per heavy atom. The molecule has 14 heteroatoms. The lowest BCUT2D eigenvalue weighted by Crippen LogP contribution is -2.18. The van der Waals surface area contributed by atoms with Crippen LogP contribution in [0.4, 0.5) is 22.7 Å². The number of nitro benzene ring substituents is 4. The highest BCUT2D eigenvalue weighted by atomic mass is 16.6. The van der Waals surface area contributed by atoms with Crippen molar-refractivity contribution in [2.24, 2.45) is 0 Å². The number of hydrogen-bond acceptors (Lipinski definition) is 10. The van der Waals surface area contributed by atoms with E-state index in [0.717, 1.165) is 36.4 Å². The SMILES string of the molecule is O=C(C(=O)c1cccc([N+](=O)[O-])c1[N+](=O)[O-])c1cccc([N+](=O)[O-])c1[N+](=O)[O-]. The van der Waals surface area contributed by atoms with E-state index in [1.54, 1.807) is 0 Å². The molecule has 0 saturated heterocycles. The molecule has 0 N–H and O–H groups in total. The first kappa shape index (κ1) is 19.7. The molecule has 0 aliphatic carbocycles. The lowest BCUT2D eigenvalue weighted by molar-refractivity contribution is -0.422. The number of benzene rings is 2. The fourth-order valence-electron chi connectivity index (χ4n) is 2.35. The Kier molecular flexibility index (Phi) is 5.15. The van der Waals surface area contributed by atoms with Crippen molar-refractivity contribution in [3.8, 4) is 0 Å². The van der Waals surface area contributed by atoms with Gasteiger partial charge in [0.15, 0.2) is 0 Å². The van der Waals surface area contributed by atoms with Gasteiger partial charge in [-0.15, -0.1) is 0 Å². The number of rotatable bonds is 7. The number of hydrogen-bond donors (Lipinski definition) is 0. The highest BCUT2D eigenvalue weighted by Gasteiger charge is 2.38.